The largest absolute Gasteiger partial charge is 0.383 e. The Hall–Kier alpha value is -1.55. The molecule has 2 aliphatic heterocycles. The molecule has 1 fully saturated rings. The van der Waals surface area contributed by atoms with Crippen LogP contribution in [0.3, 0.4) is 0 Å². The van der Waals surface area contributed by atoms with E-state index < -0.39 is 0 Å². The molecule has 84 valence electrons. The fourth-order valence-corrected chi connectivity index (χ4v) is 2.46. The number of rotatable bonds is 0. The van der Waals surface area contributed by atoms with Crippen LogP contribution in [0.15, 0.2) is 29.3 Å². The minimum atomic E-state index is -0.177. The average molecular weight is 216 g/mol. The average Bonchev–Trinajstić information content (AvgIpc) is 2.30. The zero-order valence-corrected chi connectivity index (χ0v) is 9.16. The van der Waals surface area contributed by atoms with Gasteiger partial charge in [0.15, 0.2) is 0 Å². The lowest BCUT2D eigenvalue weighted by molar-refractivity contribution is 0.349. The van der Waals surface area contributed by atoms with E-state index in [9.17, 15) is 0 Å². The number of fused-ring (bicyclic) bond motifs is 1. The van der Waals surface area contributed by atoms with E-state index in [0.717, 1.165) is 37.2 Å². The van der Waals surface area contributed by atoms with Crippen LogP contribution in [0.1, 0.15) is 18.4 Å². The van der Waals surface area contributed by atoms with Crippen molar-refractivity contribution in [3.8, 4) is 0 Å². The summed E-state index contributed by atoms with van der Waals surface area (Å²) in [4.78, 5) is 4.66. The Morgan fingerprint density at radius 3 is 2.75 bits per heavy atom. The van der Waals surface area contributed by atoms with Gasteiger partial charge in [0.1, 0.15) is 11.5 Å². The Balaban J connectivity index is 2.01. The van der Waals surface area contributed by atoms with E-state index in [2.05, 4.69) is 21.7 Å². The zero-order chi connectivity index (χ0) is 11.0. The highest BCUT2D eigenvalue weighted by Gasteiger charge is 2.35. The lowest BCUT2D eigenvalue weighted by Gasteiger charge is -2.39. The molecule has 1 aromatic carbocycles. The molecule has 2 aliphatic rings. The first kappa shape index (κ1) is 9.66. The third-order valence-electron chi connectivity index (χ3n) is 3.34. The third-order valence-corrected chi connectivity index (χ3v) is 3.34. The minimum absolute atomic E-state index is 0.177. The van der Waals surface area contributed by atoms with E-state index in [1.165, 1.54) is 0 Å². The maximum Gasteiger partial charge on any atom is 0.134 e. The van der Waals surface area contributed by atoms with E-state index in [1.807, 2.05) is 18.2 Å². The molecule has 4 N–H and O–H groups in total. The Labute approximate surface area is 94.9 Å². The van der Waals surface area contributed by atoms with E-state index in [0.29, 0.717) is 5.84 Å². The summed E-state index contributed by atoms with van der Waals surface area (Å²) < 4.78 is 0. The van der Waals surface area contributed by atoms with Gasteiger partial charge >= 0.3 is 0 Å². The summed E-state index contributed by atoms with van der Waals surface area (Å²) in [6.45, 7) is 1.98. The summed E-state index contributed by atoms with van der Waals surface area (Å²) in [6.07, 6.45) is 1.98. The number of amidine groups is 1. The number of benzene rings is 1. The summed E-state index contributed by atoms with van der Waals surface area (Å²) >= 11 is 0. The second kappa shape index (κ2) is 3.49. The van der Waals surface area contributed by atoms with Crippen LogP contribution in [0.5, 0.6) is 0 Å². The van der Waals surface area contributed by atoms with Crippen molar-refractivity contribution < 1.29 is 0 Å². The molecule has 4 nitrogen and oxygen atoms in total. The van der Waals surface area contributed by atoms with Gasteiger partial charge in [-0.3, -0.25) is 0 Å². The molecule has 1 saturated heterocycles. The van der Waals surface area contributed by atoms with Gasteiger partial charge in [-0.1, -0.05) is 12.1 Å². The van der Waals surface area contributed by atoms with Crippen LogP contribution in [0.25, 0.3) is 0 Å². The number of aliphatic imine (C=N–C) groups is 1. The molecule has 0 saturated carbocycles. The van der Waals surface area contributed by atoms with Crippen LogP contribution >= 0.6 is 0 Å². The van der Waals surface area contributed by atoms with Gasteiger partial charge in [-0.05, 0) is 25.2 Å². The molecular formula is C12H16N4. The number of nitrogens with zero attached hydrogens (tertiary/aromatic N) is 1. The fourth-order valence-electron chi connectivity index (χ4n) is 2.46. The van der Waals surface area contributed by atoms with Crippen molar-refractivity contribution in [3.05, 3.63) is 29.8 Å². The summed E-state index contributed by atoms with van der Waals surface area (Å²) in [5.74, 6) is 0.663. The Bertz CT molecular complexity index is 432. The topological polar surface area (TPSA) is 62.4 Å². The molecule has 0 bridgehead atoms. The molecular weight excluding hydrogens is 200 g/mol. The van der Waals surface area contributed by atoms with E-state index in [-0.39, 0.29) is 5.66 Å². The van der Waals surface area contributed by atoms with Gasteiger partial charge in [0.05, 0.1) is 0 Å². The van der Waals surface area contributed by atoms with Crippen LogP contribution < -0.4 is 16.4 Å². The van der Waals surface area contributed by atoms with Crippen molar-refractivity contribution in [1.82, 2.24) is 5.32 Å². The lowest BCUT2D eigenvalue weighted by Crippen LogP contribution is -2.49. The maximum absolute atomic E-state index is 6.04. The van der Waals surface area contributed by atoms with Gasteiger partial charge < -0.3 is 16.4 Å². The molecule has 0 unspecified atom stereocenters. The predicted molar refractivity (Wildman–Crippen MR) is 65.6 cm³/mol. The predicted octanol–water partition coefficient (Wildman–Crippen LogP) is 0.897. The van der Waals surface area contributed by atoms with Crippen LogP contribution in [-0.2, 0) is 0 Å². The molecule has 0 amide bonds. The molecule has 1 aromatic rings. The van der Waals surface area contributed by atoms with Crippen LogP contribution in [0, 0.1) is 0 Å². The van der Waals surface area contributed by atoms with Crippen LogP contribution in [0.4, 0.5) is 5.69 Å². The summed E-state index contributed by atoms with van der Waals surface area (Å²) in [7, 11) is 0. The van der Waals surface area contributed by atoms with Gasteiger partial charge in [-0.25, -0.2) is 4.99 Å². The molecule has 0 aliphatic carbocycles. The molecule has 2 heterocycles. The number of anilines is 1. The van der Waals surface area contributed by atoms with E-state index in [1.54, 1.807) is 0 Å². The normalized spacial score (nSPS) is 22.1. The Morgan fingerprint density at radius 1 is 1.19 bits per heavy atom. The summed E-state index contributed by atoms with van der Waals surface area (Å²) in [5.41, 5.74) is 7.99. The quantitative estimate of drug-likeness (QED) is 0.603. The SMILES string of the molecule is NC1=NC2(CCNCC2)Nc2ccccc21. The third kappa shape index (κ3) is 1.46. The first-order valence-electron chi connectivity index (χ1n) is 5.73. The molecule has 16 heavy (non-hydrogen) atoms. The maximum atomic E-state index is 6.04. The van der Waals surface area contributed by atoms with Crippen molar-refractivity contribution in [2.24, 2.45) is 10.7 Å². The van der Waals surface area contributed by atoms with Gasteiger partial charge in [-0.2, -0.15) is 0 Å². The number of nitrogens with one attached hydrogen (secondary N) is 2. The smallest absolute Gasteiger partial charge is 0.134 e. The van der Waals surface area contributed by atoms with Crippen molar-refractivity contribution in [2.75, 3.05) is 18.4 Å². The molecule has 3 rings (SSSR count). The van der Waals surface area contributed by atoms with Gasteiger partial charge in [0.25, 0.3) is 0 Å². The van der Waals surface area contributed by atoms with Crippen molar-refractivity contribution >= 4 is 11.5 Å². The highest BCUT2D eigenvalue weighted by molar-refractivity contribution is 6.04. The van der Waals surface area contributed by atoms with Crippen molar-refractivity contribution in [3.63, 3.8) is 0 Å². The fraction of sp³-hybridized carbons (Fsp3) is 0.417. The second-order valence-electron chi connectivity index (χ2n) is 4.45. The van der Waals surface area contributed by atoms with Crippen molar-refractivity contribution in [1.29, 1.82) is 0 Å². The summed E-state index contributed by atoms with van der Waals surface area (Å²) in [5, 5.41) is 6.88. The number of para-hydroxylation sites is 1. The number of piperidine rings is 1. The number of hydrogen-bond acceptors (Lipinski definition) is 4. The van der Waals surface area contributed by atoms with Crippen LogP contribution in [-0.4, -0.2) is 24.6 Å². The zero-order valence-electron chi connectivity index (χ0n) is 9.16. The standard InChI is InChI=1S/C12H16N4/c13-11-9-3-1-2-4-10(9)15-12(16-11)5-7-14-8-6-12/h1-4,14-15H,5-8H2,(H2,13,16). The molecule has 4 heteroatoms. The summed E-state index contributed by atoms with van der Waals surface area (Å²) in [6, 6.07) is 8.10. The lowest BCUT2D eigenvalue weighted by atomic mass is 9.95. The van der Waals surface area contributed by atoms with Gasteiger partial charge in [0.2, 0.25) is 0 Å². The van der Waals surface area contributed by atoms with Gasteiger partial charge in [-0.15, -0.1) is 0 Å². The first-order chi connectivity index (χ1) is 7.79. The van der Waals surface area contributed by atoms with Gasteiger partial charge in [0, 0.05) is 24.1 Å². The minimum Gasteiger partial charge on any atom is -0.383 e. The highest BCUT2D eigenvalue weighted by atomic mass is 15.2. The van der Waals surface area contributed by atoms with E-state index in [4.69, 9.17) is 5.73 Å². The molecule has 0 radical (unpaired) electrons. The molecule has 0 aromatic heterocycles. The Kier molecular flexibility index (Phi) is 2.11. The number of nitrogens with two attached hydrogens (primary N) is 1. The van der Waals surface area contributed by atoms with Crippen molar-refractivity contribution in [2.45, 2.75) is 18.5 Å². The van der Waals surface area contributed by atoms with E-state index >= 15 is 0 Å². The molecule has 1 spiro atoms. The first-order valence-corrected chi connectivity index (χ1v) is 5.73. The Morgan fingerprint density at radius 2 is 1.94 bits per heavy atom. The molecule has 0 atom stereocenters. The van der Waals surface area contributed by atoms with Crippen LogP contribution in [0.2, 0.25) is 0 Å². The number of hydrogen-bond donors (Lipinski definition) is 3. The monoisotopic (exact) mass is 216 g/mol. The second-order valence-corrected chi connectivity index (χ2v) is 4.45. The highest BCUT2D eigenvalue weighted by Crippen LogP contribution is 2.31.